The molecule has 0 aliphatic heterocycles. The van der Waals surface area contributed by atoms with Crippen molar-refractivity contribution in [2.45, 2.75) is 168 Å². The van der Waals surface area contributed by atoms with E-state index in [2.05, 4.69) is 49.9 Å². The van der Waals surface area contributed by atoms with Gasteiger partial charge in [0.1, 0.15) is 0 Å². The second-order valence-electron chi connectivity index (χ2n) is 14.6. The van der Waals surface area contributed by atoms with Gasteiger partial charge in [0.2, 0.25) is 0 Å². The molecule has 8 heteroatoms. The number of benzene rings is 1. The van der Waals surface area contributed by atoms with Gasteiger partial charge < -0.3 is 9.47 Å². The van der Waals surface area contributed by atoms with Crippen molar-refractivity contribution in [2.24, 2.45) is 0 Å². The second-order valence-corrected chi connectivity index (χ2v) is 14.6. The smallest absolute Gasteiger partial charge is 0.338 e. The molecule has 3 rings (SSSR count). The first-order valence-corrected chi connectivity index (χ1v) is 19.2. The maximum absolute atomic E-state index is 13.2. The van der Waals surface area contributed by atoms with Crippen LogP contribution in [0.1, 0.15) is 189 Å². The van der Waals surface area contributed by atoms with Crippen molar-refractivity contribution in [1.29, 1.82) is 0 Å². The summed E-state index contributed by atoms with van der Waals surface area (Å²) in [7, 11) is 0. The van der Waals surface area contributed by atoms with E-state index >= 15 is 0 Å². The molecule has 48 heavy (non-hydrogen) atoms. The Labute approximate surface area is 290 Å². The summed E-state index contributed by atoms with van der Waals surface area (Å²) < 4.78 is 13.1. The summed E-state index contributed by atoms with van der Waals surface area (Å²) in [6.45, 7) is 11.6. The van der Waals surface area contributed by atoms with E-state index in [9.17, 15) is 9.59 Å². The van der Waals surface area contributed by atoms with Crippen LogP contribution in [0.5, 0.6) is 0 Å². The number of ether oxygens (including phenoxy) is 2. The molecule has 268 valence electrons. The molecule has 0 spiro atoms. The third-order valence-electron chi connectivity index (χ3n) is 9.13. The third kappa shape index (κ3) is 13.8. The lowest BCUT2D eigenvalue weighted by Crippen LogP contribution is -2.12. The highest BCUT2D eigenvalue weighted by atomic mass is 16.5. The number of carbonyl (C=O) groups excluding carboxylic acids is 2. The molecular weight excluding hydrogens is 600 g/mol. The first kappa shape index (κ1) is 39.3. The minimum absolute atomic E-state index is 0.109. The van der Waals surface area contributed by atoms with E-state index in [0.717, 1.165) is 44.2 Å². The Morgan fingerprint density at radius 2 is 1.02 bits per heavy atom. The molecule has 1 aromatic carbocycles. The van der Waals surface area contributed by atoms with E-state index in [0.29, 0.717) is 41.4 Å². The lowest BCUT2D eigenvalue weighted by molar-refractivity contribution is 0.0496. The summed E-state index contributed by atoms with van der Waals surface area (Å²) in [6, 6.07) is 7.02. The van der Waals surface area contributed by atoms with Crippen LogP contribution in [0.4, 0.5) is 0 Å². The predicted octanol–water partition coefficient (Wildman–Crippen LogP) is 11.2. The zero-order valence-corrected chi connectivity index (χ0v) is 30.8. The maximum Gasteiger partial charge on any atom is 0.338 e. The van der Waals surface area contributed by atoms with Crippen LogP contribution in [-0.4, -0.2) is 45.0 Å². The number of hydrogen-bond acceptors (Lipinski definition) is 6. The zero-order chi connectivity index (χ0) is 34.6. The van der Waals surface area contributed by atoms with Crippen LogP contribution < -0.4 is 0 Å². The molecule has 0 atom stereocenters. The minimum atomic E-state index is -0.445. The van der Waals surface area contributed by atoms with Crippen LogP contribution in [0.15, 0.2) is 24.3 Å². The van der Waals surface area contributed by atoms with Crippen molar-refractivity contribution in [3.05, 3.63) is 41.1 Å². The van der Waals surface area contributed by atoms with Crippen LogP contribution >= 0.6 is 0 Å². The fourth-order valence-electron chi connectivity index (χ4n) is 6.02. The first-order chi connectivity index (χ1) is 23.2. The number of hydrogen-bond donors (Lipinski definition) is 1. The van der Waals surface area contributed by atoms with Gasteiger partial charge in [-0.15, -0.1) is 10.2 Å². The lowest BCUT2D eigenvalue weighted by atomic mass is 9.93. The Morgan fingerprint density at radius 1 is 0.604 bits per heavy atom. The molecule has 0 aliphatic rings. The molecular formula is C40H64N4O4. The number of unbranched alkanes of at least 4 members (excludes halogenated alkanes) is 18. The molecule has 0 aliphatic carbocycles. The number of esters is 2. The summed E-state index contributed by atoms with van der Waals surface area (Å²) >= 11 is 0. The monoisotopic (exact) mass is 664 g/mol. The molecule has 2 heterocycles. The number of H-pyrrole nitrogens is 1. The van der Waals surface area contributed by atoms with Crippen molar-refractivity contribution in [3.63, 3.8) is 0 Å². The van der Waals surface area contributed by atoms with Gasteiger partial charge in [0.05, 0.1) is 24.3 Å². The molecule has 8 nitrogen and oxygen atoms in total. The summed E-state index contributed by atoms with van der Waals surface area (Å²) in [5.74, 6) is -0.369. The number of nitrogens with one attached hydrogen (secondary N) is 1. The third-order valence-corrected chi connectivity index (χ3v) is 9.13. The van der Waals surface area contributed by atoms with Crippen molar-refractivity contribution in [2.75, 3.05) is 13.2 Å². The Bertz CT molecular complexity index is 1300. The molecule has 0 fully saturated rings. The highest BCUT2D eigenvalue weighted by Gasteiger charge is 2.22. The van der Waals surface area contributed by atoms with Gasteiger partial charge in [-0.05, 0) is 31.0 Å². The molecule has 1 N–H and O–H groups in total. The molecule has 0 saturated carbocycles. The average molecular weight is 665 g/mol. The molecule has 2 aromatic heterocycles. The number of aromatic amines is 1. The Balaban J connectivity index is 1.58. The number of fused-ring (bicyclic) bond motifs is 1. The van der Waals surface area contributed by atoms with Gasteiger partial charge >= 0.3 is 11.9 Å². The molecule has 0 bridgehead atoms. The van der Waals surface area contributed by atoms with Crippen LogP contribution in [0.25, 0.3) is 17.0 Å². The van der Waals surface area contributed by atoms with Crippen LogP contribution in [0.3, 0.4) is 0 Å². The molecule has 0 unspecified atom stereocenters. The van der Waals surface area contributed by atoms with Crippen molar-refractivity contribution in [1.82, 2.24) is 19.8 Å². The number of nitrogens with zero attached hydrogens (tertiary/aromatic N) is 3. The van der Waals surface area contributed by atoms with Gasteiger partial charge in [0.15, 0.2) is 11.5 Å². The predicted molar refractivity (Wildman–Crippen MR) is 196 cm³/mol. The topological polar surface area (TPSA) is 98.6 Å². The van der Waals surface area contributed by atoms with Crippen LogP contribution in [0, 0.1) is 0 Å². The van der Waals surface area contributed by atoms with Gasteiger partial charge in [0, 0.05) is 22.7 Å². The fraction of sp³-hybridized carbons (Fsp3) is 0.700. The molecule has 0 amide bonds. The van der Waals surface area contributed by atoms with Gasteiger partial charge in [-0.2, -0.15) is 0 Å². The van der Waals surface area contributed by atoms with Crippen molar-refractivity contribution >= 4 is 17.6 Å². The summed E-state index contributed by atoms with van der Waals surface area (Å²) in [4.78, 5) is 26.5. The van der Waals surface area contributed by atoms with Crippen molar-refractivity contribution in [3.8, 4) is 11.4 Å². The van der Waals surface area contributed by atoms with Gasteiger partial charge in [-0.25, -0.2) is 14.1 Å². The van der Waals surface area contributed by atoms with Gasteiger partial charge in [-0.1, -0.05) is 150 Å². The first-order valence-electron chi connectivity index (χ1n) is 19.2. The summed E-state index contributed by atoms with van der Waals surface area (Å²) in [5, 5.41) is 12.1. The fourth-order valence-corrected chi connectivity index (χ4v) is 6.02. The summed E-state index contributed by atoms with van der Waals surface area (Å²) in [6.07, 6.45) is 24.3. The largest absolute Gasteiger partial charge is 0.462 e. The summed E-state index contributed by atoms with van der Waals surface area (Å²) in [5.41, 5.74) is 2.80. The van der Waals surface area contributed by atoms with E-state index in [1.165, 1.54) is 89.9 Å². The van der Waals surface area contributed by atoms with E-state index < -0.39 is 11.9 Å². The highest BCUT2D eigenvalue weighted by Crippen LogP contribution is 2.27. The Hall–Kier alpha value is -3.16. The number of aromatic nitrogens is 4. The van der Waals surface area contributed by atoms with E-state index in [1.807, 2.05) is 6.07 Å². The minimum Gasteiger partial charge on any atom is -0.462 e. The number of carbonyl (C=O) groups is 2. The SMILES string of the molecule is CCCCCCCCCCCCOC(=O)c1cc(C(=O)OCCCCCCCCCCCC)cc(-c2nnc3cc(C(C)(C)C)[nH]n23)c1. The van der Waals surface area contributed by atoms with Crippen LogP contribution in [-0.2, 0) is 14.9 Å². The van der Waals surface area contributed by atoms with E-state index in [1.54, 1.807) is 22.7 Å². The molecule has 0 radical (unpaired) electrons. The highest BCUT2D eigenvalue weighted by molar-refractivity contribution is 5.97. The molecule has 3 aromatic rings. The Kier molecular flexibility index (Phi) is 17.8. The Morgan fingerprint density at radius 3 is 1.44 bits per heavy atom. The van der Waals surface area contributed by atoms with E-state index in [4.69, 9.17) is 9.47 Å². The van der Waals surface area contributed by atoms with Crippen LogP contribution in [0.2, 0.25) is 0 Å². The normalized spacial score (nSPS) is 11.8. The second kappa shape index (κ2) is 21.7. The molecule has 0 saturated heterocycles. The number of rotatable bonds is 25. The standard InChI is InChI=1S/C40H64N4O4/c1-6-8-10-12-14-16-18-20-22-24-26-47-38(45)33-28-32(37-42-41-36-31-35(40(3,4)5)43-44(36)37)29-34(30-33)39(46)48-27-25-23-21-19-17-15-13-11-9-7-2/h28-31,43H,6-27H2,1-5H3. The quantitative estimate of drug-likeness (QED) is 0.0715. The maximum atomic E-state index is 13.2. The van der Waals surface area contributed by atoms with Crippen molar-refractivity contribution < 1.29 is 19.1 Å². The lowest BCUT2D eigenvalue weighted by Gasteiger charge is -2.15. The zero-order valence-electron chi connectivity index (χ0n) is 30.8. The van der Waals surface area contributed by atoms with Gasteiger partial charge in [0.25, 0.3) is 0 Å². The van der Waals surface area contributed by atoms with E-state index in [-0.39, 0.29) is 5.41 Å². The average Bonchev–Trinajstić information content (AvgIpc) is 3.68. The van der Waals surface area contributed by atoms with Gasteiger partial charge in [-0.3, -0.25) is 5.10 Å².